The summed E-state index contributed by atoms with van der Waals surface area (Å²) in [5.41, 5.74) is 9.28. The fourth-order valence-electron chi connectivity index (χ4n) is 5.09. The van der Waals surface area contributed by atoms with Crippen LogP contribution in [0.4, 0.5) is 0 Å². The lowest BCUT2D eigenvalue weighted by atomic mass is 10.1. The molecule has 4 heteroatoms. The third-order valence-electron chi connectivity index (χ3n) is 6.36. The van der Waals surface area contributed by atoms with Gasteiger partial charge in [-0.05, 0) is 67.0 Å². The quantitative estimate of drug-likeness (QED) is 0.227. The second kappa shape index (κ2) is 4.95. The molecule has 0 radical (unpaired) electrons. The van der Waals surface area contributed by atoms with Gasteiger partial charge in [0.2, 0.25) is 0 Å². The Kier molecular flexibility index (Phi) is 2.64. The molecule has 0 bridgehead atoms. The summed E-state index contributed by atoms with van der Waals surface area (Å²) in [7, 11) is 0. The highest BCUT2D eigenvalue weighted by Crippen LogP contribution is 2.57. The molecular formula is C24H12S4. The molecule has 0 atom stereocenters. The van der Waals surface area contributed by atoms with Gasteiger partial charge in [0.05, 0.1) is 9.40 Å². The first-order chi connectivity index (χ1) is 13.9. The van der Waals surface area contributed by atoms with Crippen LogP contribution in [0.1, 0.15) is 22.3 Å². The van der Waals surface area contributed by atoms with E-state index >= 15 is 0 Å². The van der Waals surface area contributed by atoms with E-state index in [1.807, 2.05) is 45.3 Å². The smallest absolute Gasteiger partial charge is 0.0502 e. The SMILES string of the molecule is c1cc2ccc3c(c2s1)Cc1c-3sc2c3c(sc12)-c1ccc2ccsc2c1C3. The minimum absolute atomic E-state index is 1.11. The predicted octanol–water partition coefficient (Wildman–Crippen LogP) is 8.53. The molecule has 0 amide bonds. The van der Waals surface area contributed by atoms with E-state index in [-0.39, 0.29) is 0 Å². The summed E-state index contributed by atoms with van der Waals surface area (Å²) in [4.78, 5) is 3.07. The van der Waals surface area contributed by atoms with E-state index in [2.05, 4.69) is 47.2 Å². The molecule has 0 aliphatic heterocycles. The Balaban J connectivity index is 1.39. The first kappa shape index (κ1) is 14.9. The number of thiophene rings is 4. The molecule has 28 heavy (non-hydrogen) atoms. The lowest BCUT2D eigenvalue weighted by molar-refractivity contribution is 1.32. The standard InChI is InChI=1S/C24H12S4/c1-3-13-15(19-11(1)5-7-25-19)9-17-21(13)27-24-18-10-16-14(22(18)28-23(17)24)4-2-12-6-8-26-20(12)16/h1-8H,9-10H2. The highest BCUT2D eigenvalue weighted by atomic mass is 32.1. The zero-order valence-electron chi connectivity index (χ0n) is 14.7. The molecule has 6 aromatic rings. The van der Waals surface area contributed by atoms with Crippen molar-refractivity contribution in [3.8, 4) is 20.9 Å². The molecule has 4 heterocycles. The predicted molar refractivity (Wildman–Crippen MR) is 127 cm³/mol. The average molecular weight is 429 g/mol. The molecule has 132 valence electrons. The largest absolute Gasteiger partial charge is 0.143 e. The Morgan fingerprint density at radius 3 is 1.50 bits per heavy atom. The molecule has 2 aliphatic carbocycles. The zero-order chi connectivity index (χ0) is 18.0. The van der Waals surface area contributed by atoms with Gasteiger partial charge < -0.3 is 0 Å². The van der Waals surface area contributed by atoms with E-state index in [1.54, 1.807) is 31.7 Å². The van der Waals surface area contributed by atoms with Crippen molar-refractivity contribution in [2.45, 2.75) is 12.8 Å². The van der Waals surface area contributed by atoms with Crippen LogP contribution >= 0.6 is 45.3 Å². The minimum atomic E-state index is 1.11. The summed E-state index contributed by atoms with van der Waals surface area (Å²) in [6.07, 6.45) is 2.22. The molecule has 2 aliphatic rings. The molecule has 0 fully saturated rings. The van der Waals surface area contributed by atoms with Crippen molar-refractivity contribution in [3.63, 3.8) is 0 Å². The number of hydrogen-bond donors (Lipinski definition) is 0. The fraction of sp³-hybridized carbons (Fsp3) is 0.0833. The van der Waals surface area contributed by atoms with Crippen molar-refractivity contribution in [1.82, 2.24) is 0 Å². The molecule has 4 aromatic heterocycles. The van der Waals surface area contributed by atoms with E-state index in [0.717, 1.165) is 12.8 Å². The Hall–Kier alpha value is -1.98. The highest BCUT2D eigenvalue weighted by molar-refractivity contribution is 7.32. The summed E-state index contributed by atoms with van der Waals surface area (Å²) in [5.74, 6) is 0. The maximum absolute atomic E-state index is 2.36. The summed E-state index contributed by atoms with van der Waals surface area (Å²) in [5, 5.41) is 7.26. The van der Waals surface area contributed by atoms with Crippen LogP contribution in [0.25, 0.3) is 50.5 Å². The van der Waals surface area contributed by atoms with Crippen molar-refractivity contribution in [2.75, 3.05) is 0 Å². The monoisotopic (exact) mass is 428 g/mol. The van der Waals surface area contributed by atoms with Crippen molar-refractivity contribution in [3.05, 3.63) is 69.4 Å². The van der Waals surface area contributed by atoms with Gasteiger partial charge in [0.25, 0.3) is 0 Å². The van der Waals surface area contributed by atoms with Crippen LogP contribution in [-0.2, 0) is 12.8 Å². The minimum Gasteiger partial charge on any atom is -0.143 e. The lowest BCUT2D eigenvalue weighted by Crippen LogP contribution is -1.82. The highest BCUT2D eigenvalue weighted by Gasteiger charge is 2.32. The van der Waals surface area contributed by atoms with Gasteiger partial charge in [0.1, 0.15) is 0 Å². The fourth-order valence-corrected chi connectivity index (χ4v) is 10.00. The first-order valence-electron chi connectivity index (χ1n) is 9.43. The van der Waals surface area contributed by atoms with Gasteiger partial charge >= 0.3 is 0 Å². The molecule has 0 spiro atoms. The summed E-state index contributed by atoms with van der Waals surface area (Å²) in [6.45, 7) is 0. The molecule has 0 unspecified atom stereocenters. The van der Waals surface area contributed by atoms with Crippen molar-refractivity contribution in [2.24, 2.45) is 0 Å². The molecule has 0 saturated carbocycles. The van der Waals surface area contributed by atoms with Gasteiger partial charge in [-0.15, -0.1) is 45.3 Å². The number of hydrogen-bond acceptors (Lipinski definition) is 4. The van der Waals surface area contributed by atoms with Crippen molar-refractivity contribution >= 4 is 74.9 Å². The van der Waals surface area contributed by atoms with Crippen LogP contribution in [0.3, 0.4) is 0 Å². The number of benzene rings is 2. The average Bonchev–Trinajstić information content (AvgIpc) is 3.49. The molecule has 0 N–H and O–H groups in total. The Labute approximate surface area is 177 Å². The second-order valence-corrected chi connectivity index (χ2v) is 11.6. The summed E-state index contributed by atoms with van der Waals surface area (Å²) < 4.78 is 6.10. The third-order valence-corrected chi connectivity index (χ3v) is 11.1. The zero-order valence-corrected chi connectivity index (χ0v) is 17.9. The van der Waals surface area contributed by atoms with Gasteiger partial charge in [-0.2, -0.15) is 0 Å². The van der Waals surface area contributed by atoms with E-state index in [9.17, 15) is 0 Å². The topological polar surface area (TPSA) is 0 Å². The summed E-state index contributed by atoms with van der Waals surface area (Å²) in [6, 6.07) is 13.8. The van der Waals surface area contributed by atoms with Crippen LogP contribution in [-0.4, -0.2) is 0 Å². The van der Waals surface area contributed by atoms with Crippen molar-refractivity contribution in [1.29, 1.82) is 0 Å². The molecule has 2 aromatic carbocycles. The normalized spacial score (nSPS) is 14.1. The van der Waals surface area contributed by atoms with Gasteiger partial charge in [-0.1, -0.05) is 24.3 Å². The van der Waals surface area contributed by atoms with E-state index in [0.29, 0.717) is 0 Å². The molecule has 0 nitrogen and oxygen atoms in total. The van der Waals surface area contributed by atoms with E-state index in [1.165, 1.54) is 41.1 Å². The number of rotatable bonds is 0. The van der Waals surface area contributed by atoms with Crippen LogP contribution in [0.15, 0.2) is 47.2 Å². The first-order valence-corrected chi connectivity index (χ1v) is 12.8. The molecular weight excluding hydrogens is 417 g/mol. The summed E-state index contributed by atoms with van der Waals surface area (Å²) >= 11 is 7.89. The van der Waals surface area contributed by atoms with Crippen LogP contribution in [0.2, 0.25) is 0 Å². The maximum atomic E-state index is 2.36. The Bertz CT molecular complexity index is 1490. The van der Waals surface area contributed by atoms with Crippen LogP contribution in [0, 0.1) is 0 Å². The maximum Gasteiger partial charge on any atom is 0.0502 e. The lowest BCUT2D eigenvalue weighted by Gasteiger charge is -2.02. The van der Waals surface area contributed by atoms with Gasteiger partial charge in [0, 0.05) is 32.0 Å². The van der Waals surface area contributed by atoms with Crippen molar-refractivity contribution < 1.29 is 0 Å². The third kappa shape index (κ3) is 1.64. The van der Waals surface area contributed by atoms with E-state index in [4.69, 9.17) is 0 Å². The molecule has 8 rings (SSSR count). The Morgan fingerprint density at radius 2 is 1.00 bits per heavy atom. The Morgan fingerprint density at radius 1 is 0.500 bits per heavy atom. The molecule has 0 saturated heterocycles. The van der Waals surface area contributed by atoms with E-state index < -0.39 is 0 Å². The second-order valence-electron chi connectivity index (χ2n) is 7.69. The van der Waals surface area contributed by atoms with Gasteiger partial charge in [0.15, 0.2) is 0 Å². The van der Waals surface area contributed by atoms with Gasteiger partial charge in [-0.3, -0.25) is 0 Å². The van der Waals surface area contributed by atoms with Gasteiger partial charge in [-0.25, -0.2) is 0 Å². The van der Waals surface area contributed by atoms with Crippen LogP contribution in [0.5, 0.6) is 0 Å². The van der Waals surface area contributed by atoms with Crippen LogP contribution < -0.4 is 0 Å². The number of fused-ring (bicyclic) bond motifs is 13.